The minimum absolute atomic E-state index is 0.683. The van der Waals surface area contributed by atoms with Gasteiger partial charge in [-0.15, -0.1) is 0 Å². The predicted octanol–water partition coefficient (Wildman–Crippen LogP) is 6.21. The van der Waals surface area contributed by atoms with Gasteiger partial charge >= 0.3 is 0 Å². The van der Waals surface area contributed by atoms with Crippen LogP contribution in [0.15, 0.2) is 79.1 Å². The van der Waals surface area contributed by atoms with Crippen LogP contribution in [0.5, 0.6) is 0 Å². The second-order valence-electron chi connectivity index (χ2n) is 6.45. The molecule has 3 aromatic rings. The van der Waals surface area contributed by atoms with E-state index in [2.05, 4.69) is 47.0 Å². The lowest BCUT2D eigenvalue weighted by Crippen LogP contribution is -2.16. The zero-order chi connectivity index (χ0) is 19.1. The minimum atomic E-state index is 0.683. The van der Waals surface area contributed by atoms with Gasteiger partial charge in [0.1, 0.15) is 0 Å². The Labute approximate surface area is 165 Å². The fourth-order valence-electron chi connectivity index (χ4n) is 3.08. The first-order valence-electron chi connectivity index (χ1n) is 9.09. The van der Waals surface area contributed by atoms with E-state index in [1.54, 1.807) is 6.08 Å². The van der Waals surface area contributed by atoms with Crippen LogP contribution in [0.1, 0.15) is 36.4 Å². The number of nitrogens with zero attached hydrogens (tertiary/aromatic N) is 2. The van der Waals surface area contributed by atoms with Crippen LogP contribution in [0.2, 0.25) is 0 Å². The van der Waals surface area contributed by atoms with E-state index in [9.17, 15) is 0 Å². The van der Waals surface area contributed by atoms with E-state index < -0.39 is 0 Å². The summed E-state index contributed by atoms with van der Waals surface area (Å²) in [5.74, 6) is 0. The van der Waals surface area contributed by atoms with Gasteiger partial charge in [0.05, 0.1) is 18.2 Å². The lowest BCUT2D eigenvalue weighted by molar-refractivity contribution is 0.316. The summed E-state index contributed by atoms with van der Waals surface area (Å²) in [5.41, 5.74) is 4.67. The Morgan fingerprint density at radius 2 is 1.78 bits per heavy atom. The fourth-order valence-corrected chi connectivity index (χ4v) is 3.42. The van der Waals surface area contributed by atoms with Gasteiger partial charge in [-0.3, -0.25) is 5.14 Å². The molecule has 138 valence electrons. The van der Waals surface area contributed by atoms with Gasteiger partial charge in [-0.25, -0.2) is 4.98 Å². The normalized spacial score (nSPS) is 13.2. The van der Waals surface area contributed by atoms with Gasteiger partial charge in [-0.05, 0) is 60.0 Å². The lowest BCUT2D eigenvalue weighted by atomic mass is 9.92. The van der Waals surface area contributed by atoms with Crippen molar-refractivity contribution < 1.29 is 0 Å². The van der Waals surface area contributed by atoms with Crippen LogP contribution >= 0.6 is 11.9 Å². The summed E-state index contributed by atoms with van der Waals surface area (Å²) in [6.45, 7) is 7.43. The van der Waals surface area contributed by atoms with Crippen LogP contribution in [-0.4, -0.2) is 9.55 Å². The van der Waals surface area contributed by atoms with E-state index in [-0.39, 0.29) is 0 Å². The van der Waals surface area contributed by atoms with Crippen molar-refractivity contribution in [3.8, 4) is 11.3 Å². The van der Waals surface area contributed by atoms with E-state index >= 15 is 0 Å². The number of hydrogen-bond donors (Lipinski definition) is 1. The molecule has 1 aliphatic carbocycles. The molecule has 3 nitrogen and oxygen atoms in total. The van der Waals surface area contributed by atoms with Crippen LogP contribution in [0.4, 0.5) is 0 Å². The van der Waals surface area contributed by atoms with Gasteiger partial charge in [0, 0.05) is 10.9 Å². The highest BCUT2D eigenvalue weighted by Gasteiger charge is 2.21. The van der Waals surface area contributed by atoms with Crippen molar-refractivity contribution in [3.05, 3.63) is 85.3 Å². The number of nitrogens with two attached hydrogens (primary N) is 1. The molecule has 27 heavy (non-hydrogen) atoms. The van der Waals surface area contributed by atoms with Crippen molar-refractivity contribution in [2.75, 3.05) is 0 Å². The van der Waals surface area contributed by atoms with Crippen LogP contribution in [0, 0.1) is 0 Å². The summed E-state index contributed by atoms with van der Waals surface area (Å²) < 4.78 is 2.32. The van der Waals surface area contributed by atoms with Crippen molar-refractivity contribution >= 4 is 24.1 Å². The predicted molar refractivity (Wildman–Crippen MR) is 117 cm³/mol. The van der Waals surface area contributed by atoms with Crippen molar-refractivity contribution in [2.45, 2.75) is 30.2 Å². The lowest BCUT2D eigenvalue weighted by Gasteiger charge is -2.28. The maximum absolute atomic E-state index is 5.42. The van der Waals surface area contributed by atoms with Crippen LogP contribution in [0.3, 0.4) is 0 Å². The van der Waals surface area contributed by atoms with E-state index in [0.29, 0.717) is 6.04 Å². The molecule has 1 saturated carbocycles. The standard InChI is InChI=1S/C13H14N2.C10H11NS/c1-2-5-11(6-3-1)13-9-14-10-15(13)12-7-4-8-12;1-3-8-5-6-10(12-11)7-9(8)4-2/h1-3,5-6,9-10,12H,4,7-8H2;3-7H,1-2,11H2. The first kappa shape index (κ1) is 19.2. The van der Waals surface area contributed by atoms with Crippen LogP contribution < -0.4 is 5.14 Å². The quantitative estimate of drug-likeness (QED) is 0.539. The maximum Gasteiger partial charge on any atom is 0.0953 e. The molecule has 4 heteroatoms. The third kappa shape index (κ3) is 4.59. The highest BCUT2D eigenvalue weighted by atomic mass is 32.2. The molecule has 2 N–H and O–H groups in total. The molecule has 0 spiro atoms. The topological polar surface area (TPSA) is 43.8 Å². The number of rotatable bonds is 5. The van der Waals surface area contributed by atoms with Crippen molar-refractivity contribution in [3.63, 3.8) is 0 Å². The number of benzene rings is 2. The van der Waals surface area contributed by atoms with Gasteiger partial charge in [0.2, 0.25) is 0 Å². The Morgan fingerprint density at radius 3 is 2.37 bits per heavy atom. The van der Waals surface area contributed by atoms with Gasteiger partial charge in [0.25, 0.3) is 0 Å². The molecule has 1 aliphatic rings. The summed E-state index contributed by atoms with van der Waals surface area (Å²) in [7, 11) is 0. The highest BCUT2D eigenvalue weighted by molar-refractivity contribution is 7.97. The van der Waals surface area contributed by atoms with Gasteiger partial charge in [-0.1, -0.05) is 61.7 Å². The molecule has 1 heterocycles. The van der Waals surface area contributed by atoms with Gasteiger partial charge in [-0.2, -0.15) is 0 Å². The first-order chi connectivity index (χ1) is 13.3. The van der Waals surface area contributed by atoms with Gasteiger partial charge < -0.3 is 4.57 Å². The molecule has 0 radical (unpaired) electrons. The molecule has 1 fully saturated rings. The second-order valence-corrected chi connectivity index (χ2v) is 7.16. The molecule has 0 aliphatic heterocycles. The molecule has 0 saturated heterocycles. The zero-order valence-corrected chi connectivity index (χ0v) is 16.2. The SMILES string of the molecule is C=Cc1ccc(SN)cc1C=C.c1ccc(-c2cncn2C2CCC2)cc1. The molecule has 1 aromatic heterocycles. The Balaban J connectivity index is 0.000000161. The monoisotopic (exact) mass is 375 g/mol. The number of hydrogen-bond acceptors (Lipinski definition) is 3. The molecule has 4 rings (SSSR count). The van der Waals surface area contributed by atoms with E-state index in [1.165, 1.54) is 42.5 Å². The van der Waals surface area contributed by atoms with Crippen LogP contribution in [-0.2, 0) is 0 Å². The molecule has 2 aromatic carbocycles. The van der Waals surface area contributed by atoms with Crippen molar-refractivity contribution in [2.24, 2.45) is 5.14 Å². The largest absolute Gasteiger partial charge is 0.328 e. The first-order valence-corrected chi connectivity index (χ1v) is 9.97. The second kappa shape index (κ2) is 9.40. The van der Waals surface area contributed by atoms with E-state index in [0.717, 1.165) is 16.0 Å². The fraction of sp³-hybridized carbons (Fsp3) is 0.174. The third-order valence-corrected chi connectivity index (χ3v) is 5.36. The number of imidazole rings is 1. The summed E-state index contributed by atoms with van der Waals surface area (Å²) in [6, 6.07) is 17.1. The molecule has 0 bridgehead atoms. The van der Waals surface area contributed by atoms with Crippen molar-refractivity contribution in [1.82, 2.24) is 9.55 Å². The number of aromatic nitrogens is 2. The van der Waals surface area contributed by atoms with E-state index in [1.807, 2.05) is 42.9 Å². The van der Waals surface area contributed by atoms with Gasteiger partial charge in [0.15, 0.2) is 0 Å². The maximum atomic E-state index is 5.42. The average Bonchev–Trinajstić information content (AvgIpc) is 3.16. The summed E-state index contributed by atoms with van der Waals surface area (Å²) in [5, 5.41) is 5.42. The van der Waals surface area contributed by atoms with Crippen LogP contribution in [0.25, 0.3) is 23.4 Å². The Bertz CT molecular complexity index is 895. The summed E-state index contributed by atoms with van der Waals surface area (Å²) in [6.07, 6.45) is 11.5. The van der Waals surface area contributed by atoms with Crippen molar-refractivity contribution in [1.29, 1.82) is 0 Å². The molecular formula is C23H25N3S. The Morgan fingerprint density at radius 1 is 1.04 bits per heavy atom. The summed E-state index contributed by atoms with van der Waals surface area (Å²) in [4.78, 5) is 5.30. The molecule has 0 unspecified atom stereocenters. The third-order valence-electron chi connectivity index (χ3n) is 4.84. The smallest absolute Gasteiger partial charge is 0.0953 e. The Kier molecular flexibility index (Phi) is 6.69. The summed E-state index contributed by atoms with van der Waals surface area (Å²) >= 11 is 1.24. The Hall–Kier alpha value is -2.56. The van der Waals surface area contributed by atoms with E-state index in [4.69, 9.17) is 5.14 Å². The molecule has 0 atom stereocenters. The molecular weight excluding hydrogens is 350 g/mol. The minimum Gasteiger partial charge on any atom is -0.328 e. The molecule has 0 amide bonds. The highest BCUT2D eigenvalue weighted by Crippen LogP contribution is 2.34. The zero-order valence-electron chi connectivity index (χ0n) is 15.4. The average molecular weight is 376 g/mol.